The second-order valence-electron chi connectivity index (χ2n) is 5.55. The monoisotopic (exact) mass is 255 g/mol. The fourth-order valence-corrected chi connectivity index (χ4v) is 3.26. The average Bonchev–Trinajstić information content (AvgIpc) is 2.77. The van der Waals surface area contributed by atoms with Gasteiger partial charge in [0.15, 0.2) is 0 Å². The first-order chi connectivity index (χ1) is 9.13. The van der Waals surface area contributed by atoms with E-state index in [1.54, 1.807) is 0 Å². The first-order valence-corrected chi connectivity index (χ1v) is 6.55. The molecule has 1 unspecified atom stereocenters. The van der Waals surface area contributed by atoms with Crippen LogP contribution in [0.15, 0.2) is 36.4 Å². The molecule has 3 N–H and O–H groups in total. The van der Waals surface area contributed by atoms with Gasteiger partial charge in [0, 0.05) is 5.41 Å². The van der Waals surface area contributed by atoms with Crippen LogP contribution in [0.25, 0.3) is 10.8 Å². The van der Waals surface area contributed by atoms with E-state index < -0.39 is 5.97 Å². The lowest BCUT2D eigenvalue weighted by Gasteiger charge is -2.24. The van der Waals surface area contributed by atoms with Gasteiger partial charge in [-0.2, -0.15) is 0 Å². The van der Waals surface area contributed by atoms with E-state index in [-0.39, 0.29) is 11.8 Å². The van der Waals surface area contributed by atoms with Crippen LogP contribution in [0.1, 0.15) is 17.5 Å². The van der Waals surface area contributed by atoms with Crippen molar-refractivity contribution in [3.8, 4) is 0 Å². The van der Waals surface area contributed by atoms with Gasteiger partial charge in [-0.05, 0) is 41.3 Å². The summed E-state index contributed by atoms with van der Waals surface area (Å²) in [6.07, 6.45) is 1.69. The molecule has 0 radical (unpaired) electrons. The highest BCUT2D eigenvalue weighted by atomic mass is 16.4. The summed E-state index contributed by atoms with van der Waals surface area (Å²) in [4.78, 5) is 11.1. The molecule has 0 fully saturated rings. The van der Waals surface area contributed by atoms with Crippen LogP contribution in [-0.4, -0.2) is 17.6 Å². The minimum atomic E-state index is -0.762. The van der Waals surface area contributed by atoms with E-state index in [0.717, 1.165) is 12.8 Å². The Labute approximate surface area is 112 Å². The Morgan fingerprint density at radius 3 is 2.74 bits per heavy atom. The Balaban J connectivity index is 2.08. The highest BCUT2D eigenvalue weighted by Crippen LogP contribution is 2.41. The zero-order valence-electron chi connectivity index (χ0n) is 10.7. The number of carboxylic acid groups (broad SMARTS) is 1. The second kappa shape index (κ2) is 4.35. The molecule has 98 valence electrons. The Bertz CT molecular complexity index is 650. The standard InChI is InChI=1S/C16H17NO2/c17-10-16(9-15(18)19)7-12-6-5-11-3-1-2-4-13(11)14(12)8-16/h1-6H,7-10,17H2,(H,18,19). The van der Waals surface area contributed by atoms with Crippen LogP contribution >= 0.6 is 0 Å². The molecule has 0 aromatic heterocycles. The topological polar surface area (TPSA) is 63.3 Å². The van der Waals surface area contributed by atoms with Crippen LogP contribution in [0.4, 0.5) is 0 Å². The number of carboxylic acids is 1. The maximum absolute atomic E-state index is 11.1. The first kappa shape index (κ1) is 12.2. The molecule has 0 spiro atoms. The third-order valence-corrected chi connectivity index (χ3v) is 4.21. The highest BCUT2D eigenvalue weighted by molar-refractivity contribution is 5.87. The number of carbonyl (C=O) groups is 1. The highest BCUT2D eigenvalue weighted by Gasteiger charge is 2.38. The van der Waals surface area contributed by atoms with Crippen molar-refractivity contribution in [1.29, 1.82) is 0 Å². The lowest BCUT2D eigenvalue weighted by Crippen LogP contribution is -2.33. The largest absolute Gasteiger partial charge is 0.481 e. The van der Waals surface area contributed by atoms with Gasteiger partial charge >= 0.3 is 5.97 Å². The molecule has 0 saturated carbocycles. The fourth-order valence-electron chi connectivity index (χ4n) is 3.26. The molecule has 0 aliphatic heterocycles. The summed E-state index contributed by atoms with van der Waals surface area (Å²) in [5.74, 6) is -0.762. The van der Waals surface area contributed by atoms with Crippen LogP contribution in [-0.2, 0) is 17.6 Å². The van der Waals surface area contributed by atoms with Gasteiger partial charge in [-0.1, -0.05) is 36.4 Å². The smallest absolute Gasteiger partial charge is 0.303 e. The molecule has 3 rings (SSSR count). The van der Waals surface area contributed by atoms with Crippen LogP contribution in [0.2, 0.25) is 0 Å². The Morgan fingerprint density at radius 2 is 2.00 bits per heavy atom. The van der Waals surface area contributed by atoms with Crippen LogP contribution in [0, 0.1) is 5.41 Å². The molecule has 0 saturated heterocycles. The lowest BCUT2D eigenvalue weighted by molar-refractivity contribution is -0.139. The van der Waals surface area contributed by atoms with Gasteiger partial charge in [0.05, 0.1) is 6.42 Å². The Kier molecular flexibility index (Phi) is 2.79. The van der Waals surface area contributed by atoms with Gasteiger partial charge in [0.2, 0.25) is 0 Å². The molecular formula is C16H17NO2. The molecule has 3 heteroatoms. The van der Waals surface area contributed by atoms with Crippen LogP contribution in [0.5, 0.6) is 0 Å². The molecule has 2 aromatic rings. The van der Waals surface area contributed by atoms with Crippen molar-refractivity contribution in [3.05, 3.63) is 47.5 Å². The molecule has 3 nitrogen and oxygen atoms in total. The molecule has 19 heavy (non-hydrogen) atoms. The van der Waals surface area contributed by atoms with E-state index in [1.165, 1.54) is 21.9 Å². The third-order valence-electron chi connectivity index (χ3n) is 4.21. The third kappa shape index (κ3) is 2.00. The van der Waals surface area contributed by atoms with Crippen molar-refractivity contribution in [2.45, 2.75) is 19.3 Å². The Morgan fingerprint density at radius 1 is 1.21 bits per heavy atom. The summed E-state index contributed by atoms with van der Waals surface area (Å²) in [5.41, 5.74) is 8.11. The van der Waals surface area contributed by atoms with Gasteiger partial charge in [-0.3, -0.25) is 4.79 Å². The SMILES string of the molecule is NCC1(CC(=O)O)Cc2ccc3ccccc3c2C1. The number of hydrogen-bond donors (Lipinski definition) is 2. The van der Waals surface area contributed by atoms with Gasteiger partial charge < -0.3 is 10.8 Å². The summed E-state index contributed by atoms with van der Waals surface area (Å²) >= 11 is 0. The predicted molar refractivity (Wildman–Crippen MR) is 75.1 cm³/mol. The average molecular weight is 255 g/mol. The molecule has 0 heterocycles. The van der Waals surface area contributed by atoms with E-state index in [4.69, 9.17) is 10.8 Å². The summed E-state index contributed by atoms with van der Waals surface area (Å²) in [5, 5.41) is 11.6. The Hall–Kier alpha value is -1.87. The van der Waals surface area contributed by atoms with Crippen LogP contribution in [0.3, 0.4) is 0 Å². The van der Waals surface area contributed by atoms with E-state index in [2.05, 4.69) is 24.3 Å². The van der Waals surface area contributed by atoms with Gasteiger partial charge in [0.1, 0.15) is 0 Å². The summed E-state index contributed by atoms with van der Waals surface area (Å²) in [6, 6.07) is 12.5. The number of benzene rings is 2. The van der Waals surface area contributed by atoms with Crippen molar-refractivity contribution >= 4 is 16.7 Å². The van der Waals surface area contributed by atoms with Crippen molar-refractivity contribution in [2.75, 3.05) is 6.54 Å². The van der Waals surface area contributed by atoms with Crippen LogP contribution < -0.4 is 5.73 Å². The maximum atomic E-state index is 11.1. The molecule has 1 aliphatic carbocycles. The minimum absolute atomic E-state index is 0.145. The van der Waals surface area contributed by atoms with E-state index in [0.29, 0.717) is 6.54 Å². The number of aliphatic carboxylic acids is 1. The van der Waals surface area contributed by atoms with Gasteiger partial charge in [-0.25, -0.2) is 0 Å². The summed E-state index contributed by atoms with van der Waals surface area (Å²) in [6.45, 7) is 0.419. The number of fused-ring (bicyclic) bond motifs is 3. The minimum Gasteiger partial charge on any atom is -0.481 e. The second-order valence-corrected chi connectivity index (χ2v) is 5.55. The predicted octanol–water partition coefficient (Wildman–Crippen LogP) is 2.36. The number of rotatable bonds is 3. The van der Waals surface area contributed by atoms with E-state index in [9.17, 15) is 4.79 Å². The van der Waals surface area contributed by atoms with Gasteiger partial charge in [-0.15, -0.1) is 0 Å². The molecule has 1 atom stereocenters. The molecule has 0 bridgehead atoms. The molecule has 0 amide bonds. The lowest BCUT2D eigenvalue weighted by atomic mass is 9.81. The summed E-state index contributed by atoms with van der Waals surface area (Å²) in [7, 11) is 0. The first-order valence-electron chi connectivity index (χ1n) is 6.55. The summed E-state index contributed by atoms with van der Waals surface area (Å²) < 4.78 is 0. The van der Waals surface area contributed by atoms with Gasteiger partial charge in [0.25, 0.3) is 0 Å². The van der Waals surface area contributed by atoms with Crippen molar-refractivity contribution in [3.63, 3.8) is 0 Å². The quantitative estimate of drug-likeness (QED) is 0.885. The van der Waals surface area contributed by atoms with Crippen molar-refractivity contribution in [1.82, 2.24) is 0 Å². The zero-order valence-corrected chi connectivity index (χ0v) is 10.7. The molecule has 2 aromatic carbocycles. The molecule has 1 aliphatic rings. The number of hydrogen-bond acceptors (Lipinski definition) is 2. The van der Waals surface area contributed by atoms with E-state index >= 15 is 0 Å². The normalized spacial score (nSPS) is 21.5. The fraction of sp³-hybridized carbons (Fsp3) is 0.312. The van der Waals surface area contributed by atoms with E-state index in [1.807, 2.05) is 12.1 Å². The van der Waals surface area contributed by atoms with Crippen molar-refractivity contribution < 1.29 is 9.90 Å². The van der Waals surface area contributed by atoms with Crippen molar-refractivity contribution in [2.24, 2.45) is 11.1 Å². The number of nitrogens with two attached hydrogens (primary N) is 1. The maximum Gasteiger partial charge on any atom is 0.303 e. The zero-order chi connectivity index (χ0) is 13.5. The molecular weight excluding hydrogens is 238 g/mol.